The quantitative estimate of drug-likeness (QED) is 0.356. The molecular formula is C24H27N. The molecule has 25 heavy (non-hydrogen) atoms. The number of hydrogen-bond donors (Lipinski definition) is 0. The molecule has 0 spiro atoms. The van der Waals surface area contributed by atoms with Crippen LogP contribution in [0, 0.1) is 17.8 Å². The first-order valence-electron chi connectivity index (χ1n) is 10.0. The van der Waals surface area contributed by atoms with Gasteiger partial charge in [0.15, 0.2) is 0 Å². The molecule has 2 bridgehead atoms. The summed E-state index contributed by atoms with van der Waals surface area (Å²) < 4.78 is 2.53. The van der Waals surface area contributed by atoms with E-state index in [1.165, 1.54) is 60.3 Å². The van der Waals surface area contributed by atoms with E-state index in [-0.39, 0.29) is 0 Å². The Morgan fingerprint density at radius 1 is 0.760 bits per heavy atom. The first-order chi connectivity index (χ1) is 12.4. The third kappa shape index (κ3) is 2.70. The summed E-state index contributed by atoms with van der Waals surface area (Å²) in [6.45, 7) is 1.14. The summed E-state index contributed by atoms with van der Waals surface area (Å²) in [5.74, 6) is 2.83. The van der Waals surface area contributed by atoms with Crippen LogP contribution in [0.1, 0.15) is 38.5 Å². The monoisotopic (exact) mass is 329 g/mol. The second-order valence-electron chi connectivity index (χ2n) is 8.08. The zero-order valence-electron chi connectivity index (χ0n) is 14.9. The summed E-state index contributed by atoms with van der Waals surface area (Å²) in [5.41, 5.74) is 2.78. The van der Waals surface area contributed by atoms with Crippen LogP contribution < -0.4 is 0 Å². The van der Waals surface area contributed by atoms with Gasteiger partial charge in [-0.25, -0.2) is 0 Å². The molecule has 128 valence electrons. The number of nitrogens with zero attached hydrogens (tertiary/aromatic N) is 1. The van der Waals surface area contributed by atoms with Crippen molar-refractivity contribution >= 4 is 21.8 Å². The lowest BCUT2D eigenvalue weighted by Gasteiger charge is -2.17. The van der Waals surface area contributed by atoms with Crippen molar-refractivity contribution in [3.8, 4) is 0 Å². The minimum Gasteiger partial charge on any atom is -0.340 e. The average Bonchev–Trinajstić information content (AvgIpc) is 3.35. The van der Waals surface area contributed by atoms with Crippen molar-refractivity contribution in [1.29, 1.82) is 0 Å². The van der Waals surface area contributed by atoms with Crippen LogP contribution in [-0.2, 0) is 6.54 Å². The van der Waals surface area contributed by atoms with Crippen molar-refractivity contribution in [2.75, 3.05) is 0 Å². The number of para-hydroxylation sites is 2. The molecule has 0 radical (unpaired) electrons. The first-order valence-corrected chi connectivity index (χ1v) is 10.0. The van der Waals surface area contributed by atoms with Gasteiger partial charge in [0.2, 0.25) is 0 Å². The third-order valence-corrected chi connectivity index (χ3v) is 6.55. The van der Waals surface area contributed by atoms with Gasteiger partial charge in [-0.1, -0.05) is 61.4 Å². The van der Waals surface area contributed by atoms with Crippen molar-refractivity contribution in [2.24, 2.45) is 17.8 Å². The molecule has 1 fully saturated rings. The summed E-state index contributed by atoms with van der Waals surface area (Å²) in [7, 11) is 0. The third-order valence-electron chi connectivity index (χ3n) is 6.55. The van der Waals surface area contributed by atoms with Crippen molar-refractivity contribution in [2.45, 2.75) is 45.1 Å². The highest BCUT2D eigenvalue weighted by Gasteiger charge is 2.34. The number of aromatic nitrogens is 1. The van der Waals surface area contributed by atoms with Gasteiger partial charge in [0.1, 0.15) is 0 Å². The highest BCUT2D eigenvalue weighted by atomic mass is 15.0. The smallest absolute Gasteiger partial charge is 0.0491 e. The Morgan fingerprint density at radius 2 is 1.48 bits per heavy atom. The summed E-state index contributed by atoms with van der Waals surface area (Å²) in [6, 6.07) is 17.7. The molecule has 3 aromatic rings. The molecule has 1 aromatic heterocycles. The number of aryl methyl sites for hydroxylation is 1. The normalized spacial score (nSPS) is 24.7. The van der Waals surface area contributed by atoms with E-state index in [4.69, 9.17) is 0 Å². The zero-order chi connectivity index (χ0) is 16.6. The Labute approximate surface area is 150 Å². The summed E-state index contributed by atoms with van der Waals surface area (Å²) in [4.78, 5) is 0. The Hall–Kier alpha value is -2.02. The van der Waals surface area contributed by atoms with Crippen LogP contribution in [0.4, 0.5) is 0 Å². The molecule has 0 saturated heterocycles. The van der Waals surface area contributed by atoms with Gasteiger partial charge >= 0.3 is 0 Å². The van der Waals surface area contributed by atoms with Gasteiger partial charge in [0, 0.05) is 28.4 Å². The predicted molar refractivity (Wildman–Crippen MR) is 107 cm³/mol. The maximum absolute atomic E-state index is 2.53. The molecule has 3 atom stereocenters. The molecule has 1 heteroatoms. The number of unbranched alkanes of at least 4 members (excludes halogenated alkanes) is 2. The van der Waals surface area contributed by atoms with Gasteiger partial charge in [-0.15, -0.1) is 0 Å². The highest BCUT2D eigenvalue weighted by Crippen LogP contribution is 2.45. The number of fused-ring (bicyclic) bond motifs is 5. The van der Waals surface area contributed by atoms with Gasteiger partial charge < -0.3 is 4.57 Å². The fourth-order valence-electron chi connectivity index (χ4n) is 5.32. The largest absolute Gasteiger partial charge is 0.340 e. The van der Waals surface area contributed by atoms with E-state index in [9.17, 15) is 0 Å². The Kier molecular flexibility index (Phi) is 3.88. The van der Waals surface area contributed by atoms with Crippen LogP contribution in [0.25, 0.3) is 21.8 Å². The van der Waals surface area contributed by atoms with Gasteiger partial charge in [-0.2, -0.15) is 0 Å². The standard InChI is InChI=1S/C24H27N/c1(2-8-19-16-18-13-14-20(19)17-18)7-15-25-23-11-5-3-9-21(23)22-10-4-6-12-24(22)25/h3-6,9-14,18-20H,1-2,7-8,15-17H2/t18-,19?,20-/m0/s1. The summed E-state index contributed by atoms with van der Waals surface area (Å²) in [6.07, 6.45) is 13.4. The Balaban J connectivity index is 1.24. The lowest BCUT2D eigenvalue weighted by Crippen LogP contribution is -2.06. The molecule has 0 amide bonds. The van der Waals surface area contributed by atoms with Gasteiger partial charge in [0.05, 0.1) is 0 Å². The Morgan fingerprint density at radius 3 is 2.12 bits per heavy atom. The van der Waals surface area contributed by atoms with Crippen molar-refractivity contribution in [3.05, 3.63) is 60.7 Å². The molecule has 2 aliphatic carbocycles. The van der Waals surface area contributed by atoms with Gasteiger partial charge in [-0.05, 0) is 55.6 Å². The van der Waals surface area contributed by atoms with E-state index in [1.807, 2.05) is 0 Å². The summed E-state index contributed by atoms with van der Waals surface area (Å²) >= 11 is 0. The molecule has 0 N–H and O–H groups in total. The van der Waals surface area contributed by atoms with Crippen LogP contribution in [0.2, 0.25) is 0 Å². The maximum atomic E-state index is 2.53. The second-order valence-corrected chi connectivity index (χ2v) is 8.08. The Bertz CT molecular complexity index is 863. The second kappa shape index (κ2) is 6.37. The van der Waals surface area contributed by atoms with Crippen LogP contribution in [-0.4, -0.2) is 4.57 Å². The highest BCUT2D eigenvalue weighted by molar-refractivity contribution is 6.07. The van der Waals surface area contributed by atoms with Gasteiger partial charge in [-0.3, -0.25) is 0 Å². The van der Waals surface area contributed by atoms with E-state index < -0.39 is 0 Å². The molecule has 0 aliphatic heterocycles. The molecule has 1 nitrogen and oxygen atoms in total. The SMILES string of the molecule is C1=C[C@H]2C[C@@H]1CC2CCCCCn1c2ccccc2c2ccccc21. The van der Waals surface area contributed by atoms with Crippen LogP contribution >= 0.6 is 0 Å². The topological polar surface area (TPSA) is 4.93 Å². The number of benzene rings is 2. The first kappa shape index (κ1) is 15.3. The van der Waals surface area contributed by atoms with Crippen LogP contribution in [0.3, 0.4) is 0 Å². The molecule has 1 heterocycles. The number of hydrogen-bond acceptors (Lipinski definition) is 0. The van der Waals surface area contributed by atoms with Crippen molar-refractivity contribution < 1.29 is 0 Å². The number of allylic oxidation sites excluding steroid dienone is 2. The average molecular weight is 329 g/mol. The fraction of sp³-hybridized carbons (Fsp3) is 0.417. The maximum Gasteiger partial charge on any atom is 0.0491 e. The van der Waals surface area contributed by atoms with Crippen molar-refractivity contribution in [3.63, 3.8) is 0 Å². The predicted octanol–water partition coefficient (Wildman–Crippen LogP) is 6.57. The van der Waals surface area contributed by atoms with Crippen LogP contribution in [0.15, 0.2) is 60.7 Å². The lowest BCUT2D eigenvalue weighted by atomic mass is 9.89. The summed E-state index contributed by atoms with van der Waals surface area (Å²) in [5, 5.41) is 2.79. The van der Waals surface area contributed by atoms with E-state index in [0.717, 1.165) is 24.3 Å². The van der Waals surface area contributed by atoms with Crippen molar-refractivity contribution in [1.82, 2.24) is 4.57 Å². The number of rotatable bonds is 6. The zero-order valence-corrected chi connectivity index (χ0v) is 14.9. The van der Waals surface area contributed by atoms with Gasteiger partial charge in [0.25, 0.3) is 0 Å². The molecule has 2 aromatic carbocycles. The van der Waals surface area contributed by atoms with E-state index in [1.54, 1.807) is 0 Å². The molecule has 2 aliphatic rings. The molecule has 5 rings (SSSR count). The molecular weight excluding hydrogens is 302 g/mol. The van der Waals surface area contributed by atoms with Crippen LogP contribution in [0.5, 0.6) is 0 Å². The lowest BCUT2D eigenvalue weighted by molar-refractivity contribution is 0.393. The van der Waals surface area contributed by atoms with E-state index >= 15 is 0 Å². The molecule has 1 saturated carbocycles. The minimum absolute atomic E-state index is 0.919. The fourth-order valence-corrected chi connectivity index (χ4v) is 5.32. The molecule has 1 unspecified atom stereocenters. The minimum atomic E-state index is 0.919. The van der Waals surface area contributed by atoms with E-state index in [2.05, 4.69) is 65.3 Å². The van der Waals surface area contributed by atoms with E-state index in [0.29, 0.717) is 0 Å².